The number of aromatic nitrogens is 3. The Morgan fingerprint density at radius 2 is 2.00 bits per heavy atom. The van der Waals surface area contributed by atoms with E-state index < -0.39 is 0 Å². The topological polar surface area (TPSA) is 70.7 Å². The van der Waals surface area contributed by atoms with Crippen LogP contribution in [0.15, 0.2) is 36.7 Å². The lowest BCUT2D eigenvalue weighted by Crippen LogP contribution is -2.22. The first-order chi connectivity index (χ1) is 12.3. The minimum atomic E-state index is -0.0155. The molecule has 5 nitrogen and oxygen atoms in total. The van der Waals surface area contributed by atoms with Crippen LogP contribution in [0.5, 0.6) is 0 Å². The molecule has 0 saturated heterocycles. The molecule has 1 aliphatic carbocycles. The second kappa shape index (κ2) is 5.69. The average molecular weight is 332 g/mol. The van der Waals surface area contributed by atoms with Gasteiger partial charge in [0.2, 0.25) is 5.91 Å². The zero-order valence-corrected chi connectivity index (χ0v) is 14.0. The number of hydrogen-bond acceptors (Lipinski definition) is 3. The van der Waals surface area contributed by atoms with Gasteiger partial charge in [-0.1, -0.05) is 19.3 Å². The Kier molecular flexibility index (Phi) is 3.33. The van der Waals surface area contributed by atoms with E-state index in [1.165, 1.54) is 19.3 Å². The molecule has 5 heteroatoms. The Labute approximate surface area is 145 Å². The van der Waals surface area contributed by atoms with Gasteiger partial charge in [0, 0.05) is 23.6 Å². The van der Waals surface area contributed by atoms with Crippen molar-refractivity contribution in [1.29, 1.82) is 0 Å². The standard InChI is InChI=1S/C20H20N4O/c25-20-18(12-5-2-1-3-6-12)14-9-16-17(10-15(14)24-20)23-19(22-16)13-7-4-8-21-11-13/h4,7-12,18H,1-3,5-6H2,(H,22,23)(H,24,25). The SMILES string of the molecule is O=C1Nc2cc3[nH]c(-c4cccnc4)nc3cc2C1C1CCCCC1. The van der Waals surface area contributed by atoms with E-state index in [1.54, 1.807) is 12.4 Å². The number of fused-ring (bicyclic) bond motifs is 2. The average Bonchev–Trinajstić information content (AvgIpc) is 3.20. The van der Waals surface area contributed by atoms with Crippen LogP contribution in [-0.4, -0.2) is 20.9 Å². The summed E-state index contributed by atoms with van der Waals surface area (Å²) in [6, 6.07) is 8.02. The zero-order chi connectivity index (χ0) is 16.8. The maximum absolute atomic E-state index is 12.6. The summed E-state index contributed by atoms with van der Waals surface area (Å²) in [5.41, 5.74) is 4.88. The quantitative estimate of drug-likeness (QED) is 0.737. The molecule has 1 atom stereocenters. The van der Waals surface area contributed by atoms with E-state index in [9.17, 15) is 4.79 Å². The molecule has 1 aromatic carbocycles. The van der Waals surface area contributed by atoms with E-state index in [-0.39, 0.29) is 11.8 Å². The van der Waals surface area contributed by atoms with Gasteiger partial charge in [-0.05, 0) is 48.6 Å². The number of hydrogen-bond donors (Lipinski definition) is 2. The number of imidazole rings is 1. The predicted octanol–water partition coefficient (Wildman–Crippen LogP) is 4.24. The molecule has 126 valence electrons. The van der Waals surface area contributed by atoms with Crippen molar-refractivity contribution in [2.45, 2.75) is 38.0 Å². The number of aromatic amines is 1. The predicted molar refractivity (Wildman–Crippen MR) is 97.3 cm³/mol. The number of rotatable bonds is 2. The lowest BCUT2D eigenvalue weighted by atomic mass is 9.77. The van der Waals surface area contributed by atoms with E-state index in [2.05, 4.69) is 21.4 Å². The highest BCUT2D eigenvalue weighted by Crippen LogP contribution is 2.44. The van der Waals surface area contributed by atoms with Crippen LogP contribution in [0.25, 0.3) is 22.4 Å². The fourth-order valence-electron chi connectivity index (χ4n) is 4.37. The van der Waals surface area contributed by atoms with Crippen molar-refractivity contribution in [2.24, 2.45) is 5.92 Å². The molecule has 5 rings (SSSR count). The summed E-state index contributed by atoms with van der Waals surface area (Å²) < 4.78 is 0. The van der Waals surface area contributed by atoms with Gasteiger partial charge in [-0.25, -0.2) is 4.98 Å². The molecule has 1 unspecified atom stereocenters. The molecule has 2 N–H and O–H groups in total. The number of H-pyrrole nitrogens is 1. The molecule has 2 aromatic heterocycles. The first kappa shape index (κ1) is 14.6. The van der Waals surface area contributed by atoms with Gasteiger partial charge in [0.05, 0.1) is 17.0 Å². The van der Waals surface area contributed by atoms with Crippen molar-refractivity contribution in [2.75, 3.05) is 5.32 Å². The Balaban J connectivity index is 1.57. The highest BCUT2D eigenvalue weighted by atomic mass is 16.2. The maximum atomic E-state index is 12.6. The van der Waals surface area contributed by atoms with Gasteiger partial charge in [0.15, 0.2) is 0 Å². The molecule has 2 aliphatic rings. The van der Waals surface area contributed by atoms with Gasteiger partial charge >= 0.3 is 0 Å². The third-order valence-corrected chi connectivity index (χ3v) is 5.58. The van der Waals surface area contributed by atoms with Gasteiger partial charge < -0.3 is 10.3 Å². The van der Waals surface area contributed by atoms with E-state index >= 15 is 0 Å². The molecule has 1 aliphatic heterocycles. The summed E-state index contributed by atoms with van der Waals surface area (Å²) in [7, 11) is 0. The van der Waals surface area contributed by atoms with Crippen molar-refractivity contribution in [3.8, 4) is 11.4 Å². The number of anilines is 1. The van der Waals surface area contributed by atoms with Crippen molar-refractivity contribution < 1.29 is 4.79 Å². The van der Waals surface area contributed by atoms with Crippen LogP contribution in [0.1, 0.15) is 43.6 Å². The number of benzene rings is 1. The van der Waals surface area contributed by atoms with Crippen molar-refractivity contribution >= 4 is 22.6 Å². The molecule has 1 saturated carbocycles. The lowest BCUT2D eigenvalue weighted by molar-refractivity contribution is -0.118. The van der Waals surface area contributed by atoms with Crippen LogP contribution < -0.4 is 5.32 Å². The third-order valence-electron chi connectivity index (χ3n) is 5.58. The number of carbonyl (C=O) groups excluding carboxylic acids is 1. The monoisotopic (exact) mass is 332 g/mol. The smallest absolute Gasteiger partial charge is 0.232 e. The second-order valence-electron chi connectivity index (χ2n) is 7.15. The van der Waals surface area contributed by atoms with Gasteiger partial charge in [0.25, 0.3) is 0 Å². The minimum absolute atomic E-state index is 0.0155. The summed E-state index contributed by atoms with van der Waals surface area (Å²) in [6.45, 7) is 0. The summed E-state index contributed by atoms with van der Waals surface area (Å²) in [6.07, 6.45) is 9.63. The molecule has 0 spiro atoms. The van der Waals surface area contributed by atoms with Gasteiger partial charge in [-0.15, -0.1) is 0 Å². The van der Waals surface area contributed by atoms with Crippen LogP contribution in [0.3, 0.4) is 0 Å². The molecule has 1 fully saturated rings. The van der Waals surface area contributed by atoms with E-state index in [0.717, 1.165) is 46.5 Å². The normalized spacial score (nSPS) is 20.6. The van der Waals surface area contributed by atoms with Gasteiger partial charge in [-0.2, -0.15) is 0 Å². The number of carbonyl (C=O) groups is 1. The fraction of sp³-hybridized carbons (Fsp3) is 0.350. The maximum Gasteiger partial charge on any atom is 0.232 e. The Morgan fingerprint density at radius 1 is 1.12 bits per heavy atom. The van der Waals surface area contributed by atoms with Crippen LogP contribution >= 0.6 is 0 Å². The lowest BCUT2D eigenvalue weighted by Gasteiger charge is -2.26. The molecule has 25 heavy (non-hydrogen) atoms. The van der Waals surface area contributed by atoms with Gasteiger partial charge in [-0.3, -0.25) is 9.78 Å². The van der Waals surface area contributed by atoms with Gasteiger partial charge in [0.1, 0.15) is 5.82 Å². The molecule has 3 heterocycles. The van der Waals surface area contributed by atoms with E-state index in [0.29, 0.717) is 5.92 Å². The first-order valence-corrected chi connectivity index (χ1v) is 9.04. The van der Waals surface area contributed by atoms with E-state index in [1.807, 2.05) is 18.2 Å². The fourth-order valence-corrected chi connectivity index (χ4v) is 4.37. The van der Waals surface area contributed by atoms with Crippen LogP contribution in [0.2, 0.25) is 0 Å². The van der Waals surface area contributed by atoms with Crippen LogP contribution in [0, 0.1) is 5.92 Å². The molecule has 3 aromatic rings. The van der Waals surface area contributed by atoms with Crippen molar-refractivity contribution in [3.05, 3.63) is 42.2 Å². The second-order valence-corrected chi connectivity index (χ2v) is 7.15. The van der Waals surface area contributed by atoms with Crippen LogP contribution in [-0.2, 0) is 4.79 Å². The van der Waals surface area contributed by atoms with Crippen molar-refractivity contribution in [3.63, 3.8) is 0 Å². The van der Waals surface area contributed by atoms with Crippen LogP contribution in [0.4, 0.5) is 5.69 Å². The molecular formula is C20H20N4O. The summed E-state index contributed by atoms with van der Waals surface area (Å²) in [5, 5.41) is 3.09. The number of pyridine rings is 1. The Hall–Kier alpha value is -2.69. The third kappa shape index (κ3) is 2.42. The number of nitrogens with one attached hydrogen (secondary N) is 2. The summed E-state index contributed by atoms with van der Waals surface area (Å²) >= 11 is 0. The Morgan fingerprint density at radius 3 is 2.80 bits per heavy atom. The number of amides is 1. The van der Waals surface area contributed by atoms with Crippen molar-refractivity contribution in [1.82, 2.24) is 15.0 Å². The molecule has 0 radical (unpaired) electrons. The first-order valence-electron chi connectivity index (χ1n) is 9.04. The number of nitrogens with zero attached hydrogens (tertiary/aromatic N) is 2. The molecule has 1 amide bonds. The molecule has 0 bridgehead atoms. The minimum Gasteiger partial charge on any atom is -0.338 e. The zero-order valence-electron chi connectivity index (χ0n) is 14.0. The summed E-state index contributed by atoms with van der Waals surface area (Å²) in [4.78, 5) is 24.8. The summed E-state index contributed by atoms with van der Waals surface area (Å²) in [5.74, 6) is 1.41. The highest BCUT2D eigenvalue weighted by molar-refractivity contribution is 6.05. The van der Waals surface area contributed by atoms with E-state index in [4.69, 9.17) is 4.98 Å². The highest BCUT2D eigenvalue weighted by Gasteiger charge is 2.37. The molecular weight excluding hydrogens is 312 g/mol. The Bertz CT molecular complexity index is 941. The largest absolute Gasteiger partial charge is 0.338 e.